The number of amides is 1. The quantitative estimate of drug-likeness (QED) is 0.706. The fraction of sp³-hybridized carbons (Fsp3) is 0.292. The summed E-state index contributed by atoms with van der Waals surface area (Å²) in [6.45, 7) is 1.89. The third-order valence-electron chi connectivity index (χ3n) is 5.59. The number of piperidine rings is 1. The molecule has 0 saturated carbocycles. The molecule has 4 rings (SSSR count). The topological polar surface area (TPSA) is 58.1 Å². The van der Waals surface area contributed by atoms with Crippen molar-refractivity contribution in [2.75, 3.05) is 20.1 Å². The maximum atomic E-state index is 13.4. The lowest BCUT2D eigenvalue weighted by Gasteiger charge is -2.37. The first kappa shape index (κ1) is 20.2. The second-order valence-electron chi connectivity index (χ2n) is 7.89. The lowest BCUT2D eigenvalue weighted by atomic mass is 9.86. The van der Waals surface area contributed by atoms with E-state index < -0.39 is 0 Å². The van der Waals surface area contributed by atoms with E-state index in [1.165, 1.54) is 30.1 Å². The summed E-state index contributed by atoms with van der Waals surface area (Å²) in [7, 11) is 2.12. The third kappa shape index (κ3) is 4.89. The summed E-state index contributed by atoms with van der Waals surface area (Å²) in [5.41, 5.74) is 2.27. The van der Waals surface area contributed by atoms with E-state index in [2.05, 4.69) is 39.4 Å². The number of carbonyl (C=O) groups is 1. The van der Waals surface area contributed by atoms with Crippen LogP contribution in [0.1, 0.15) is 22.3 Å². The summed E-state index contributed by atoms with van der Waals surface area (Å²) in [5, 5.41) is 3.19. The van der Waals surface area contributed by atoms with Crippen LogP contribution in [0.5, 0.6) is 0 Å². The van der Waals surface area contributed by atoms with Crippen LogP contribution in [0.15, 0.2) is 67.0 Å². The smallest absolute Gasteiger partial charge is 0.254 e. The minimum Gasteiger partial charge on any atom is -0.349 e. The Hall–Kier alpha value is -3.12. The Balaban J connectivity index is 1.45. The number of hydrogen-bond donors (Lipinski definition) is 1. The van der Waals surface area contributed by atoms with Crippen LogP contribution in [0.4, 0.5) is 4.39 Å². The molecule has 1 fully saturated rings. The van der Waals surface area contributed by atoms with Crippen LogP contribution in [0.2, 0.25) is 0 Å². The van der Waals surface area contributed by atoms with Gasteiger partial charge < -0.3 is 10.2 Å². The normalized spacial score (nSPS) is 19.4. The second-order valence-corrected chi connectivity index (χ2v) is 7.89. The Morgan fingerprint density at radius 2 is 1.90 bits per heavy atom. The van der Waals surface area contributed by atoms with E-state index in [9.17, 15) is 9.18 Å². The number of carbonyl (C=O) groups excluding carboxylic acids is 1. The molecule has 1 saturated heterocycles. The van der Waals surface area contributed by atoms with Crippen molar-refractivity contribution in [2.24, 2.45) is 5.92 Å². The largest absolute Gasteiger partial charge is 0.349 e. The van der Waals surface area contributed by atoms with Gasteiger partial charge in [-0.05, 0) is 50.0 Å². The van der Waals surface area contributed by atoms with Crippen molar-refractivity contribution in [3.8, 4) is 11.4 Å². The monoisotopic (exact) mass is 404 g/mol. The minimum atomic E-state index is -0.343. The van der Waals surface area contributed by atoms with Gasteiger partial charge in [0.1, 0.15) is 5.82 Å². The van der Waals surface area contributed by atoms with Gasteiger partial charge in [-0.25, -0.2) is 14.4 Å². The van der Waals surface area contributed by atoms with Crippen LogP contribution in [0.25, 0.3) is 11.4 Å². The summed E-state index contributed by atoms with van der Waals surface area (Å²) in [5.74, 6) is 0.216. The van der Waals surface area contributed by atoms with Crippen LogP contribution in [0.3, 0.4) is 0 Å². The van der Waals surface area contributed by atoms with E-state index in [0.717, 1.165) is 25.9 Å². The molecule has 30 heavy (non-hydrogen) atoms. The molecule has 0 radical (unpaired) electrons. The zero-order chi connectivity index (χ0) is 20.9. The molecule has 5 nitrogen and oxygen atoms in total. The molecule has 2 heterocycles. The van der Waals surface area contributed by atoms with Crippen molar-refractivity contribution in [1.82, 2.24) is 20.2 Å². The summed E-state index contributed by atoms with van der Waals surface area (Å²) in [4.78, 5) is 23.7. The van der Waals surface area contributed by atoms with Gasteiger partial charge in [-0.3, -0.25) is 4.79 Å². The molecule has 1 N–H and O–H groups in total. The van der Waals surface area contributed by atoms with Gasteiger partial charge in [0.05, 0.1) is 5.56 Å². The van der Waals surface area contributed by atoms with E-state index in [0.29, 0.717) is 22.9 Å². The van der Waals surface area contributed by atoms with Crippen molar-refractivity contribution < 1.29 is 9.18 Å². The molecule has 2 aromatic carbocycles. The number of benzene rings is 2. The number of hydrogen-bond acceptors (Lipinski definition) is 4. The third-order valence-corrected chi connectivity index (χ3v) is 5.59. The highest BCUT2D eigenvalue weighted by Gasteiger charge is 2.29. The molecule has 1 aliphatic rings. The summed E-state index contributed by atoms with van der Waals surface area (Å²) in [6, 6.07) is 16.6. The SMILES string of the molecule is CN1CCC(NC(=O)c2cnc(-c3cccc(F)c3)nc2)C(Cc2ccccc2)C1. The number of nitrogens with one attached hydrogen (secondary N) is 1. The van der Waals surface area contributed by atoms with Gasteiger partial charge in [-0.2, -0.15) is 0 Å². The van der Waals surface area contributed by atoms with Gasteiger partial charge in [0.15, 0.2) is 5.82 Å². The van der Waals surface area contributed by atoms with Crippen molar-refractivity contribution in [3.63, 3.8) is 0 Å². The lowest BCUT2D eigenvalue weighted by Crippen LogP contribution is -2.50. The predicted molar refractivity (Wildman–Crippen MR) is 114 cm³/mol. The molecule has 3 aromatic rings. The minimum absolute atomic E-state index is 0.0943. The maximum absolute atomic E-state index is 13.4. The molecular weight excluding hydrogens is 379 g/mol. The van der Waals surface area contributed by atoms with Crippen LogP contribution in [-0.4, -0.2) is 47.0 Å². The molecule has 0 aliphatic carbocycles. The van der Waals surface area contributed by atoms with Gasteiger partial charge >= 0.3 is 0 Å². The van der Waals surface area contributed by atoms with E-state index in [1.807, 2.05) is 18.2 Å². The highest BCUT2D eigenvalue weighted by atomic mass is 19.1. The zero-order valence-corrected chi connectivity index (χ0v) is 17.0. The highest BCUT2D eigenvalue weighted by Crippen LogP contribution is 2.21. The average Bonchev–Trinajstić information content (AvgIpc) is 2.76. The van der Waals surface area contributed by atoms with Gasteiger partial charge in [-0.1, -0.05) is 42.5 Å². The highest BCUT2D eigenvalue weighted by molar-refractivity contribution is 5.94. The van der Waals surface area contributed by atoms with Crippen molar-refractivity contribution in [3.05, 3.63) is 83.9 Å². The van der Waals surface area contributed by atoms with E-state index in [-0.39, 0.29) is 17.8 Å². The van der Waals surface area contributed by atoms with Crippen LogP contribution < -0.4 is 5.32 Å². The number of halogens is 1. The van der Waals surface area contributed by atoms with Crippen LogP contribution in [-0.2, 0) is 6.42 Å². The standard InChI is InChI=1S/C24H25FN4O/c1-29-11-10-22(19(16-29)12-17-6-3-2-4-7-17)28-24(30)20-14-26-23(27-15-20)18-8-5-9-21(25)13-18/h2-9,13-15,19,22H,10-12,16H2,1H3,(H,28,30). The second kappa shape index (κ2) is 9.13. The van der Waals surface area contributed by atoms with E-state index in [1.54, 1.807) is 12.1 Å². The molecule has 154 valence electrons. The Labute approximate surface area is 176 Å². The first-order chi connectivity index (χ1) is 14.6. The Kier molecular flexibility index (Phi) is 6.14. The molecule has 1 aromatic heterocycles. The molecular formula is C24H25FN4O. The summed E-state index contributed by atoms with van der Waals surface area (Å²) >= 11 is 0. The lowest BCUT2D eigenvalue weighted by molar-refractivity contribution is 0.0873. The van der Waals surface area contributed by atoms with Crippen molar-refractivity contribution in [1.29, 1.82) is 0 Å². The fourth-order valence-electron chi connectivity index (χ4n) is 4.00. The molecule has 0 spiro atoms. The molecule has 6 heteroatoms. The predicted octanol–water partition coefficient (Wildman–Crippen LogP) is 3.58. The molecule has 2 unspecified atom stereocenters. The molecule has 1 amide bonds. The first-order valence-electron chi connectivity index (χ1n) is 10.2. The van der Waals surface area contributed by atoms with Gasteiger partial charge in [0.2, 0.25) is 0 Å². The molecule has 0 bridgehead atoms. The van der Waals surface area contributed by atoms with Gasteiger partial charge in [0, 0.05) is 30.5 Å². The Morgan fingerprint density at radius 3 is 2.63 bits per heavy atom. The first-order valence-corrected chi connectivity index (χ1v) is 10.2. The average molecular weight is 404 g/mol. The fourth-order valence-corrected chi connectivity index (χ4v) is 4.00. The van der Waals surface area contributed by atoms with Crippen molar-refractivity contribution >= 4 is 5.91 Å². The zero-order valence-electron chi connectivity index (χ0n) is 17.0. The summed E-state index contributed by atoms with van der Waals surface area (Å²) in [6.07, 6.45) is 4.83. The Morgan fingerprint density at radius 1 is 1.13 bits per heavy atom. The number of aromatic nitrogens is 2. The summed E-state index contributed by atoms with van der Waals surface area (Å²) < 4.78 is 13.4. The van der Waals surface area contributed by atoms with Crippen LogP contribution in [0, 0.1) is 11.7 Å². The van der Waals surface area contributed by atoms with E-state index >= 15 is 0 Å². The van der Waals surface area contributed by atoms with Crippen molar-refractivity contribution in [2.45, 2.75) is 18.9 Å². The Bertz CT molecular complexity index is 994. The number of rotatable bonds is 5. The van der Waals surface area contributed by atoms with E-state index in [4.69, 9.17) is 0 Å². The van der Waals surface area contributed by atoms with Gasteiger partial charge in [-0.15, -0.1) is 0 Å². The maximum Gasteiger partial charge on any atom is 0.254 e. The molecule has 1 aliphatic heterocycles. The van der Waals surface area contributed by atoms with Gasteiger partial charge in [0.25, 0.3) is 5.91 Å². The number of likely N-dealkylation sites (tertiary alicyclic amines) is 1. The molecule has 2 atom stereocenters. The van der Waals surface area contributed by atoms with Crippen LogP contribution >= 0.6 is 0 Å². The number of nitrogens with zero attached hydrogens (tertiary/aromatic N) is 3.